The lowest BCUT2D eigenvalue weighted by Crippen LogP contribution is -2.51. The molecule has 1 heterocycles. The molecular formula is C34H44N2O4. The van der Waals surface area contributed by atoms with Crippen LogP contribution in [0, 0.1) is 11.8 Å². The van der Waals surface area contributed by atoms with Gasteiger partial charge in [-0.05, 0) is 74.4 Å². The van der Waals surface area contributed by atoms with Crippen LogP contribution < -0.4 is 14.8 Å². The molecule has 0 bridgehead atoms. The van der Waals surface area contributed by atoms with Crippen LogP contribution in [0.4, 0.5) is 0 Å². The molecule has 3 atom stereocenters. The van der Waals surface area contributed by atoms with Gasteiger partial charge in [-0.15, -0.1) is 0 Å². The number of nitrogens with zero attached hydrogens (tertiary/aromatic N) is 1. The van der Waals surface area contributed by atoms with Crippen LogP contribution in [0.2, 0.25) is 0 Å². The monoisotopic (exact) mass is 544 g/mol. The van der Waals surface area contributed by atoms with E-state index in [0.29, 0.717) is 42.1 Å². The molecule has 0 aliphatic carbocycles. The number of nitrogens with one attached hydrogen (secondary N) is 1. The molecule has 6 nitrogen and oxygen atoms in total. The van der Waals surface area contributed by atoms with E-state index in [1.165, 1.54) is 11.1 Å². The average Bonchev–Trinajstić information content (AvgIpc) is 3.43. The maximum atomic E-state index is 14.4. The Labute approximate surface area is 239 Å². The van der Waals surface area contributed by atoms with E-state index in [1.54, 1.807) is 14.2 Å². The summed E-state index contributed by atoms with van der Waals surface area (Å²) in [6.45, 7) is 7.19. The number of ether oxygens (including phenoxy) is 3. The first-order valence-electron chi connectivity index (χ1n) is 14.4. The van der Waals surface area contributed by atoms with Gasteiger partial charge in [-0.1, -0.05) is 60.7 Å². The molecule has 0 aromatic heterocycles. The lowest BCUT2D eigenvalue weighted by atomic mass is 9.80. The Morgan fingerprint density at radius 1 is 0.900 bits per heavy atom. The molecule has 40 heavy (non-hydrogen) atoms. The van der Waals surface area contributed by atoms with E-state index in [0.717, 1.165) is 32.4 Å². The quantitative estimate of drug-likeness (QED) is 0.266. The molecule has 214 valence electrons. The topological polar surface area (TPSA) is 60.0 Å². The molecular weight excluding hydrogens is 500 g/mol. The van der Waals surface area contributed by atoms with Crippen LogP contribution in [0.25, 0.3) is 0 Å². The fourth-order valence-electron chi connectivity index (χ4n) is 5.88. The fraction of sp³-hybridized carbons (Fsp3) is 0.441. The molecule has 1 fully saturated rings. The molecule has 6 heteroatoms. The van der Waals surface area contributed by atoms with Gasteiger partial charge in [-0.3, -0.25) is 4.79 Å². The van der Waals surface area contributed by atoms with Gasteiger partial charge in [0.05, 0.1) is 13.7 Å². The van der Waals surface area contributed by atoms with E-state index >= 15 is 0 Å². The summed E-state index contributed by atoms with van der Waals surface area (Å²) in [5, 5.41) is 3.65. The maximum Gasteiger partial charge on any atom is 0.254 e. The predicted molar refractivity (Wildman–Crippen MR) is 160 cm³/mol. The van der Waals surface area contributed by atoms with Crippen molar-refractivity contribution < 1.29 is 19.0 Å². The fourth-order valence-corrected chi connectivity index (χ4v) is 5.88. The third kappa shape index (κ3) is 7.64. The number of benzene rings is 3. The van der Waals surface area contributed by atoms with Gasteiger partial charge < -0.3 is 24.4 Å². The van der Waals surface area contributed by atoms with Crippen molar-refractivity contribution >= 4 is 5.91 Å². The van der Waals surface area contributed by atoms with Crippen molar-refractivity contribution in [3.8, 4) is 11.5 Å². The zero-order chi connectivity index (χ0) is 28.3. The normalized spacial score (nSPS) is 17.5. The third-order valence-electron chi connectivity index (χ3n) is 7.82. The lowest BCUT2D eigenvalue weighted by Gasteiger charge is -2.41. The van der Waals surface area contributed by atoms with Gasteiger partial charge >= 0.3 is 0 Å². The maximum absolute atomic E-state index is 14.4. The Bertz CT molecular complexity index is 1190. The van der Waals surface area contributed by atoms with Crippen LogP contribution in [0.5, 0.6) is 11.5 Å². The Kier molecular flexibility index (Phi) is 11.0. The van der Waals surface area contributed by atoms with Gasteiger partial charge in [0.15, 0.2) is 11.5 Å². The van der Waals surface area contributed by atoms with Gasteiger partial charge in [-0.25, -0.2) is 0 Å². The minimum absolute atomic E-state index is 0.0192. The lowest BCUT2D eigenvalue weighted by molar-refractivity contribution is 0.0492. The molecule has 0 spiro atoms. The minimum Gasteiger partial charge on any atom is -0.493 e. The molecule has 3 aromatic carbocycles. The second-order valence-corrected chi connectivity index (χ2v) is 10.9. The summed E-state index contributed by atoms with van der Waals surface area (Å²) in [6, 6.07) is 26.8. The Hall–Kier alpha value is -3.35. The molecule has 3 aromatic rings. The molecule has 1 unspecified atom stereocenters. The Morgan fingerprint density at radius 2 is 1.60 bits per heavy atom. The number of carbonyl (C=O) groups is 1. The van der Waals surface area contributed by atoms with E-state index in [9.17, 15) is 4.79 Å². The highest BCUT2D eigenvalue weighted by molar-refractivity contribution is 5.95. The van der Waals surface area contributed by atoms with Crippen LogP contribution in [0.3, 0.4) is 0 Å². The van der Waals surface area contributed by atoms with Gasteiger partial charge in [0.25, 0.3) is 5.91 Å². The standard InChI is InChI=1S/C34H44N2O4/c1-25(2)36(34(37)28-16-17-32(39-4)33(22-28)40-19-11-18-38-3)31(21-27-14-9-6-10-15-27)30-24-35-23-29(30)20-26-12-7-5-8-13-26/h5-10,12-17,22,25,29-31,35H,11,18-21,23-24H2,1-4H3/t29-,30+,31?/m1/s1. The molecule has 0 radical (unpaired) electrons. The molecule has 0 saturated carbocycles. The van der Waals surface area contributed by atoms with E-state index in [4.69, 9.17) is 14.2 Å². The van der Waals surface area contributed by atoms with Gasteiger partial charge in [0.2, 0.25) is 0 Å². The average molecular weight is 545 g/mol. The van der Waals surface area contributed by atoms with Crippen LogP contribution in [0.15, 0.2) is 78.9 Å². The van der Waals surface area contributed by atoms with E-state index in [2.05, 4.69) is 78.7 Å². The summed E-state index contributed by atoms with van der Waals surface area (Å²) in [4.78, 5) is 16.5. The summed E-state index contributed by atoms with van der Waals surface area (Å²) in [7, 11) is 3.30. The number of carbonyl (C=O) groups excluding carboxylic acids is 1. The molecule has 1 aliphatic rings. The third-order valence-corrected chi connectivity index (χ3v) is 7.82. The highest BCUT2D eigenvalue weighted by Crippen LogP contribution is 2.33. The molecule has 1 N–H and O–H groups in total. The number of hydrogen-bond donors (Lipinski definition) is 1. The summed E-state index contributed by atoms with van der Waals surface area (Å²) < 4.78 is 16.7. The summed E-state index contributed by atoms with van der Waals surface area (Å²) in [6.07, 6.45) is 2.55. The van der Waals surface area contributed by atoms with Crippen LogP contribution in [0.1, 0.15) is 41.8 Å². The Balaban J connectivity index is 1.65. The van der Waals surface area contributed by atoms with E-state index < -0.39 is 0 Å². The first-order valence-corrected chi connectivity index (χ1v) is 14.4. The van der Waals surface area contributed by atoms with Crippen LogP contribution in [-0.4, -0.2) is 63.4 Å². The highest BCUT2D eigenvalue weighted by atomic mass is 16.5. The van der Waals surface area contributed by atoms with Crippen molar-refractivity contribution in [1.82, 2.24) is 10.2 Å². The predicted octanol–water partition coefficient (Wildman–Crippen LogP) is 5.65. The largest absolute Gasteiger partial charge is 0.493 e. The van der Waals surface area contributed by atoms with Crippen molar-refractivity contribution in [3.05, 3.63) is 95.6 Å². The first-order chi connectivity index (χ1) is 19.5. The van der Waals surface area contributed by atoms with Crippen molar-refractivity contribution in [2.24, 2.45) is 11.8 Å². The molecule has 4 rings (SSSR count). The van der Waals surface area contributed by atoms with E-state index in [-0.39, 0.29) is 18.0 Å². The number of methoxy groups -OCH3 is 2. The van der Waals surface area contributed by atoms with Gasteiger partial charge in [0.1, 0.15) is 0 Å². The first kappa shape index (κ1) is 29.6. The number of rotatable bonds is 14. The summed E-state index contributed by atoms with van der Waals surface area (Å²) in [5.74, 6) is 1.97. The van der Waals surface area contributed by atoms with Crippen LogP contribution in [-0.2, 0) is 17.6 Å². The number of amides is 1. The van der Waals surface area contributed by atoms with Crippen LogP contribution >= 0.6 is 0 Å². The van der Waals surface area contributed by atoms with Crippen molar-refractivity contribution in [2.45, 2.75) is 45.2 Å². The summed E-state index contributed by atoms with van der Waals surface area (Å²) in [5.41, 5.74) is 3.19. The minimum atomic E-state index is 0.0192. The van der Waals surface area contributed by atoms with Crippen molar-refractivity contribution in [3.63, 3.8) is 0 Å². The second-order valence-electron chi connectivity index (χ2n) is 10.9. The highest BCUT2D eigenvalue weighted by Gasteiger charge is 2.40. The van der Waals surface area contributed by atoms with Crippen molar-refractivity contribution in [1.29, 1.82) is 0 Å². The molecule has 1 amide bonds. The second kappa shape index (κ2) is 14.9. The Morgan fingerprint density at radius 3 is 2.25 bits per heavy atom. The number of hydrogen-bond acceptors (Lipinski definition) is 5. The van der Waals surface area contributed by atoms with Crippen molar-refractivity contribution in [2.75, 3.05) is 40.5 Å². The molecule has 1 saturated heterocycles. The smallest absolute Gasteiger partial charge is 0.254 e. The summed E-state index contributed by atoms with van der Waals surface area (Å²) >= 11 is 0. The zero-order valence-corrected chi connectivity index (χ0v) is 24.3. The van der Waals surface area contributed by atoms with Gasteiger partial charge in [0, 0.05) is 44.3 Å². The SMILES string of the molecule is COCCCOc1cc(C(=O)N(C(C)C)C(Cc2ccccc2)[C@H]2CNC[C@H]2Cc2ccccc2)ccc1OC. The van der Waals surface area contributed by atoms with E-state index in [1.807, 2.05) is 24.3 Å². The zero-order valence-electron chi connectivity index (χ0n) is 24.3. The van der Waals surface area contributed by atoms with Gasteiger partial charge in [-0.2, -0.15) is 0 Å². The molecule has 1 aliphatic heterocycles.